The SMILES string of the molecule is Cc1oc(C)c(C(=O)N2CCC(c3nnc4n3CCC4)CC2)c1C. The smallest absolute Gasteiger partial charge is 0.257 e. The molecule has 1 fully saturated rings. The van der Waals surface area contributed by atoms with E-state index in [-0.39, 0.29) is 5.91 Å². The van der Waals surface area contributed by atoms with Gasteiger partial charge >= 0.3 is 0 Å². The molecule has 6 heteroatoms. The van der Waals surface area contributed by atoms with Crippen LogP contribution in [0.5, 0.6) is 0 Å². The lowest BCUT2D eigenvalue weighted by Gasteiger charge is -2.31. The molecule has 2 aromatic heterocycles. The van der Waals surface area contributed by atoms with Gasteiger partial charge < -0.3 is 13.9 Å². The Kier molecular flexibility index (Phi) is 3.70. The molecule has 128 valence electrons. The molecule has 0 bridgehead atoms. The normalized spacial score (nSPS) is 18.2. The van der Waals surface area contributed by atoms with Crippen LogP contribution in [0.1, 0.15) is 64.3 Å². The largest absolute Gasteiger partial charge is 0.466 e. The lowest BCUT2D eigenvalue weighted by molar-refractivity contribution is 0.0708. The molecular weight excluding hydrogens is 304 g/mol. The second-order valence-electron chi connectivity index (χ2n) is 7.01. The van der Waals surface area contributed by atoms with E-state index in [4.69, 9.17) is 4.42 Å². The molecule has 0 aliphatic carbocycles. The van der Waals surface area contributed by atoms with E-state index in [2.05, 4.69) is 14.8 Å². The number of aryl methyl sites for hydroxylation is 3. The first-order valence-electron chi connectivity index (χ1n) is 8.84. The van der Waals surface area contributed by atoms with Crippen molar-refractivity contribution in [1.82, 2.24) is 19.7 Å². The highest BCUT2D eigenvalue weighted by atomic mass is 16.3. The molecule has 1 amide bonds. The number of hydrogen-bond donors (Lipinski definition) is 0. The number of amides is 1. The zero-order valence-electron chi connectivity index (χ0n) is 14.6. The predicted molar refractivity (Wildman–Crippen MR) is 89.1 cm³/mol. The third-order valence-corrected chi connectivity index (χ3v) is 5.56. The summed E-state index contributed by atoms with van der Waals surface area (Å²) in [4.78, 5) is 14.8. The van der Waals surface area contributed by atoms with Gasteiger partial charge in [0.2, 0.25) is 0 Å². The molecule has 0 N–H and O–H groups in total. The highest BCUT2D eigenvalue weighted by Gasteiger charge is 2.31. The minimum atomic E-state index is 0.103. The number of carbonyl (C=O) groups is 1. The van der Waals surface area contributed by atoms with Gasteiger partial charge in [0.1, 0.15) is 23.2 Å². The van der Waals surface area contributed by atoms with E-state index in [0.29, 0.717) is 5.92 Å². The van der Waals surface area contributed by atoms with Crippen molar-refractivity contribution in [1.29, 1.82) is 0 Å². The molecule has 0 saturated carbocycles. The van der Waals surface area contributed by atoms with Crippen LogP contribution in [0.15, 0.2) is 4.42 Å². The molecule has 24 heavy (non-hydrogen) atoms. The lowest BCUT2D eigenvalue weighted by Crippen LogP contribution is -2.38. The van der Waals surface area contributed by atoms with E-state index in [1.54, 1.807) is 0 Å². The Hall–Kier alpha value is -2.11. The van der Waals surface area contributed by atoms with E-state index in [9.17, 15) is 4.79 Å². The average molecular weight is 328 g/mol. The second-order valence-corrected chi connectivity index (χ2v) is 7.01. The number of likely N-dealkylation sites (tertiary alicyclic amines) is 1. The average Bonchev–Trinajstić information content (AvgIpc) is 3.23. The molecule has 0 aromatic carbocycles. The van der Waals surface area contributed by atoms with E-state index in [0.717, 1.165) is 73.2 Å². The van der Waals surface area contributed by atoms with Crippen LogP contribution in [0, 0.1) is 20.8 Å². The monoisotopic (exact) mass is 328 g/mol. The van der Waals surface area contributed by atoms with Gasteiger partial charge in [0, 0.05) is 37.5 Å². The van der Waals surface area contributed by atoms with Crippen LogP contribution in [0.3, 0.4) is 0 Å². The van der Waals surface area contributed by atoms with Gasteiger partial charge in [-0.25, -0.2) is 0 Å². The van der Waals surface area contributed by atoms with E-state index in [1.807, 2.05) is 25.7 Å². The summed E-state index contributed by atoms with van der Waals surface area (Å²) in [5, 5.41) is 8.74. The van der Waals surface area contributed by atoms with Gasteiger partial charge in [0.15, 0.2) is 0 Å². The zero-order valence-corrected chi connectivity index (χ0v) is 14.6. The number of piperidine rings is 1. The Morgan fingerprint density at radius 2 is 1.83 bits per heavy atom. The van der Waals surface area contributed by atoms with Gasteiger partial charge in [-0.15, -0.1) is 10.2 Å². The number of fused-ring (bicyclic) bond motifs is 1. The fourth-order valence-corrected chi connectivity index (χ4v) is 4.08. The molecule has 1 saturated heterocycles. The Morgan fingerprint density at radius 1 is 1.08 bits per heavy atom. The Bertz CT molecular complexity index is 781. The van der Waals surface area contributed by atoms with Crippen LogP contribution in [0.4, 0.5) is 0 Å². The lowest BCUT2D eigenvalue weighted by atomic mass is 9.95. The minimum absolute atomic E-state index is 0.103. The van der Waals surface area contributed by atoms with Crippen LogP contribution in [0.25, 0.3) is 0 Å². The molecule has 2 aliphatic rings. The fraction of sp³-hybridized carbons (Fsp3) is 0.611. The third kappa shape index (κ3) is 2.36. The van der Waals surface area contributed by atoms with E-state index < -0.39 is 0 Å². The van der Waals surface area contributed by atoms with Gasteiger partial charge in [-0.1, -0.05) is 0 Å². The van der Waals surface area contributed by atoms with Gasteiger partial charge in [0.25, 0.3) is 5.91 Å². The molecule has 0 radical (unpaired) electrons. The van der Waals surface area contributed by atoms with Crippen molar-refractivity contribution < 1.29 is 9.21 Å². The van der Waals surface area contributed by atoms with Crippen molar-refractivity contribution in [2.75, 3.05) is 13.1 Å². The Labute approximate surface area is 141 Å². The van der Waals surface area contributed by atoms with Gasteiger partial charge in [-0.2, -0.15) is 0 Å². The number of rotatable bonds is 2. The Morgan fingerprint density at radius 3 is 2.50 bits per heavy atom. The maximum atomic E-state index is 12.9. The second kappa shape index (κ2) is 5.76. The number of carbonyl (C=O) groups excluding carboxylic acids is 1. The first-order valence-corrected chi connectivity index (χ1v) is 8.84. The molecule has 0 atom stereocenters. The summed E-state index contributed by atoms with van der Waals surface area (Å²) in [5.74, 6) is 4.34. The predicted octanol–water partition coefficient (Wildman–Crippen LogP) is 2.76. The summed E-state index contributed by atoms with van der Waals surface area (Å²) < 4.78 is 7.91. The van der Waals surface area contributed by atoms with Gasteiger partial charge in [0.05, 0.1) is 5.56 Å². The minimum Gasteiger partial charge on any atom is -0.466 e. The number of aromatic nitrogens is 3. The van der Waals surface area contributed by atoms with Crippen molar-refractivity contribution in [3.05, 3.63) is 34.3 Å². The maximum Gasteiger partial charge on any atom is 0.257 e. The number of furan rings is 1. The van der Waals surface area contributed by atoms with E-state index in [1.165, 1.54) is 6.42 Å². The van der Waals surface area contributed by atoms with Crippen molar-refractivity contribution in [2.24, 2.45) is 0 Å². The molecule has 4 heterocycles. The standard InChI is InChI=1S/C18H24N4O2/c1-11-12(2)24-13(3)16(11)18(23)21-9-6-14(7-10-21)17-20-19-15-5-4-8-22(15)17/h14H,4-10H2,1-3H3. The quantitative estimate of drug-likeness (QED) is 0.850. The number of hydrogen-bond acceptors (Lipinski definition) is 4. The van der Waals surface area contributed by atoms with Crippen molar-refractivity contribution in [3.8, 4) is 0 Å². The van der Waals surface area contributed by atoms with E-state index >= 15 is 0 Å². The summed E-state index contributed by atoms with van der Waals surface area (Å²) in [6.45, 7) is 8.34. The first kappa shape index (κ1) is 15.4. The molecule has 2 aliphatic heterocycles. The van der Waals surface area contributed by atoms with Gasteiger partial charge in [-0.3, -0.25) is 4.79 Å². The van der Waals surface area contributed by atoms with Crippen LogP contribution in [0.2, 0.25) is 0 Å². The topological polar surface area (TPSA) is 64.2 Å². The van der Waals surface area contributed by atoms with Crippen molar-refractivity contribution in [3.63, 3.8) is 0 Å². The van der Waals surface area contributed by atoms with Gasteiger partial charge in [-0.05, 0) is 40.0 Å². The van der Waals surface area contributed by atoms with Crippen LogP contribution < -0.4 is 0 Å². The highest BCUT2D eigenvalue weighted by Crippen LogP contribution is 2.31. The summed E-state index contributed by atoms with van der Waals surface area (Å²) in [7, 11) is 0. The number of nitrogens with zero attached hydrogens (tertiary/aromatic N) is 4. The molecule has 2 aromatic rings. The van der Waals surface area contributed by atoms with Crippen LogP contribution in [-0.2, 0) is 13.0 Å². The van der Waals surface area contributed by atoms with Crippen molar-refractivity contribution >= 4 is 5.91 Å². The van der Waals surface area contributed by atoms with Crippen molar-refractivity contribution in [2.45, 2.75) is 58.9 Å². The third-order valence-electron chi connectivity index (χ3n) is 5.56. The first-order chi connectivity index (χ1) is 11.6. The summed E-state index contributed by atoms with van der Waals surface area (Å²) >= 11 is 0. The summed E-state index contributed by atoms with van der Waals surface area (Å²) in [6.07, 6.45) is 4.13. The van der Waals surface area contributed by atoms with Crippen LogP contribution >= 0.6 is 0 Å². The maximum absolute atomic E-state index is 12.9. The Balaban J connectivity index is 1.47. The summed E-state index contributed by atoms with van der Waals surface area (Å²) in [5.41, 5.74) is 1.71. The zero-order chi connectivity index (χ0) is 16.8. The van der Waals surface area contributed by atoms with Crippen LogP contribution in [-0.4, -0.2) is 38.7 Å². The molecule has 0 spiro atoms. The molecular formula is C18H24N4O2. The molecule has 0 unspecified atom stereocenters. The highest BCUT2D eigenvalue weighted by molar-refractivity contribution is 5.96. The fourth-order valence-electron chi connectivity index (χ4n) is 4.08. The molecule has 4 rings (SSSR count). The molecule has 6 nitrogen and oxygen atoms in total. The summed E-state index contributed by atoms with van der Waals surface area (Å²) in [6, 6.07) is 0.